The molecule has 1 aliphatic rings. The highest BCUT2D eigenvalue weighted by molar-refractivity contribution is 6.15. The summed E-state index contributed by atoms with van der Waals surface area (Å²) in [5, 5.41) is 8.44. The van der Waals surface area contributed by atoms with E-state index in [1.54, 1.807) is 7.11 Å². The van der Waals surface area contributed by atoms with Crippen molar-refractivity contribution < 1.29 is 4.74 Å². The standard InChI is InChI=1S/C18H16N4O/c1-12-20-21-17-11-19-18(13-7-9-14(23-2)10-8-13)15-5-3-4-6-16(15)22(12)17/h3-10H,11H2,1-2H3. The molecular weight excluding hydrogens is 288 g/mol. The maximum Gasteiger partial charge on any atom is 0.159 e. The molecule has 114 valence electrons. The van der Waals surface area contributed by atoms with E-state index in [0.717, 1.165) is 39.9 Å². The van der Waals surface area contributed by atoms with E-state index in [2.05, 4.69) is 26.9 Å². The van der Waals surface area contributed by atoms with E-state index in [1.807, 2.05) is 43.3 Å². The summed E-state index contributed by atoms with van der Waals surface area (Å²) in [6, 6.07) is 16.2. The maximum absolute atomic E-state index is 5.24. The van der Waals surface area contributed by atoms with E-state index in [-0.39, 0.29) is 0 Å². The van der Waals surface area contributed by atoms with E-state index in [9.17, 15) is 0 Å². The molecule has 23 heavy (non-hydrogen) atoms. The molecule has 0 amide bonds. The Kier molecular flexibility index (Phi) is 3.19. The maximum atomic E-state index is 5.24. The molecule has 3 aromatic rings. The van der Waals surface area contributed by atoms with Gasteiger partial charge in [0.2, 0.25) is 0 Å². The quantitative estimate of drug-likeness (QED) is 0.731. The van der Waals surface area contributed by atoms with Crippen molar-refractivity contribution in [3.05, 3.63) is 71.3 Å². The van der Waals surface area contributed by atoms with Crippen LogP contribution >= 0.6 is 0 Å². The van der Waals surface area contributed by atoms with Crippen LogP contribution in [0.2, 0.25) is 0 Å². The lowest BCUT2D eigenvalue weighted by Gasteiger charge is -2.12. The number of para-hydroxylation sites is 1. The number of benzene rings is 2. The van der Waals surface area contributed by atoms with Crippen molar-refractivity contribution >= 4 is 5.71 Å². The van der Waals surface area contributed by atoms with E-state index in [0.29, 0.717) is 6.54 Å². The third-order valence-electron chi connectivity index (χ3n) is 4.03. The molecule has 0 radical (unpaired) electrons. The molecule has 2 aromatic carbocycles. The van der Waals surface area contributed by atoms with Gasteiger partial charge in [-0.2, -0.15) is 0 Å². The molecule has 0 atom stereocenters. The highest BCUT2D eigenvalue weighted by atomic mass is 16.5. The minimum atomic E-state index is 0.511. The normalized spacial score (nSPS) is 12.9. The van der Waals surface area contributed by atoms with Crippen LogP contribution in [0.15, 0.2) is 53.5 Å². The average Bonchev–Trinajstić information content (AvgIpc) is 2.88. The first-order valence-corrected chi connectivity index (χ1v) is 7.47. The fourth-order valence-corrected chi connectivity index (χ4v) is 2.92. The summed E-state index contributed by atoms with van der Waals surface area (Å²) in [5.74, 6) is 2.57. The van der Waals surface area contributed by atoms with E-state index in [1.165, 1.54) is 0 Å². The summed E-state index contributed by atoms with van der Waals surface area (Å²) in [4.78, 5) is 4.80. The van der Waals surface area contributed by atoms with Crippen LogP contribution in [0.3, 0.4) is 0 Å². The molecule has 4 rings (SSSR count). The molecule has 0 N–H and O–H groups in total. The molecule has 2 heterocycles. The van der Waals surface area contributed by atoms with Gasteiger partial charge >= 0.3 is 0 Å². The third kappa shape index (κ3) is 2.21. The zero-order valence-corrected chi connectivity index (χ0v) is 13.0. The van der Waals surface area contributed by atoms with Gasteiger partial charge in [0.1, 0.15) is 18.1 Å². The van der Waals surface area contributed by atoms with Gasteiger partial charge in [-0.25, -0.2) is 0 Å². The monoisotopic (exact) mass is 304 g/mol. The molecule has 0 saturated carbocycles. The van der Waals surface area contributed by atoms with Crippen LogP contribution in [0, 0.1) is 6.92 Å². The summed E-state index contributed by atoms with van der Waals surface area (Å²) in [6.07, 6.45) is 0. The van der Waals surface area contributed by atoms with Crippen LogP contribution in [-0.4, -0.2) is 27.6 Å². The Morgan fingerprint density at radius 1 is 1.00 bits per heavy atom. The number of aliphatic imine (C=N–C) groups is 1. The minimum absolute atomic E-state index is 0.511. The first-order chi connectivity index (χ1) is 11.3. The first kappa shape index (κ1) is 13.7. The Labute approximate surface area is 134 Å². The van der Waals surface area contributed by atoms with Crippen molar-refractivity contribution in [3.8, 4) is 11.4 Å². The van der Waals surface area contributed by atoms with Crippen molar-refractivity contribution in [2.75, 3.05) is 7.11 Å². The molecule has 0 bridgehead atoms. The summed E-state index contributed by atoms with van der Waals surface area (Å²) in [5.41, 5.74) is 4.18. The fraction of sp³-hybridized carbons (Fsp3) is 0.167. The lowest BCUT2D eigenvalue weighted by atomic mass is 10.0. The second kappa shape index (κ2) is 5.35. The Hall–Kier alpha value is -2.95. The van der Waals surface area contributed by atoms with Crippen LogP contribution < -0.4 is 4.74 Å². The number of hydrogen-bond donors (Lipinski definition) is 0. The second-order valence-corrected chi connectivity index (χ2v) is 5.41. The largest absolute Gasteiger partial charge is 0.497 e. The Morgan fingerprint density at radius 3 is 2.57 bits per heavy atom. The van der Waals surface area contributed by atoms with Gasteiger partial charge in [0.05, 0.1) is 18.5 Å². The average molecular weight is 304 g/mol. The lowest BCUT2D eigenvalue weighted by molar-refractivity contribution is 0.415. The Balaban J connectivity index is 1.90. The number of nitrogens with zero attached hydrogens (tertiary/aromatic N) is 4. The second-order valence-electron chi connectivity index (χ2n) is 5.41. The molecule has 0 aliphatic carbocycles. The van der Waals surface area contributed by atoms with Gasteiger partial charge in [0.25, 0.3) is 0 Å². The SMILES string of the molecule is COc1ccc(C2=NCc3nnc(C)n3-c3ccccc32)cc1. The number of methoxy groups -OCH3 is 1. The molecule has 0 unspecified atom stereocenters. The topological polar surface area (TPSA) is 52.3 Å². The highest BCUT2D eigenvalue weighted by Crippen LogP contribution is 2.26. The lowest BCUT2D eigenvalue weighted by Crippen LogP contribution is -2.08. The molecule has 1 aliphatic heterocycles. The van der Waals surface area contributed by atoms with E-state index < -0.39 is 0 Å². The molecule has 0 spiro atoms. The summed E-state index contributed by atoms with van der Waals surface area (Å²) < 4.78 is 7.32. The van der Waals surface area contributed by atoms with Gasteiger partial charge in [0, 0.05) is 11.1 Å². The summed E-state index contributed by atoms with van der Waals surface area (Å²) in [7, 11) is 1.67. The zero-order valence-electron chi connectivity index (χ0n) is 13.0. The van der Waals surface area contributed by atoms with Gasteiger partial charge < -0.3 is 4.74 Å². The van der Waals surface area contributed by atoms with Gasteiger partial charge in [-0.3, -0.25) is 9.56 Å². The van der Waals surface area contributed by atoms with E-state index in [4.69, 9.17) is 9.73 Å². The highest BCUT2D eigenvalue weighted by Gasteiger charge is 2.20. The first-order valence-electron chi connectivity index (χ1n) is 7.47. The number of aryl methyl sites for hydroxylation is 1. The molecule has 5 heteroatoms. The van der Waals surface area contributed by atoms with Crippen molar-refractivity contribution in [1.29, 1.82) is 0 Å². The summed E-state index contributed by atoms with van der Waals surface area (Å²) >= 11 is 0. The van der Waals surface area contributed by atoms with Crippen LogP contribution in [0.5, 0.6) is 5.75 Å². The zero-order chi connectivity index (χ0) is 15.8. The van der Waals surface area contributed by atoms with Crippen LogP contribution in [-0.2, 0) is 6.54 Å². The fourth-order valence-electron chi connectivity index (χ4n) is 2.92. The predicted octanol–water partition coefficient (Wildman–Crippen LogP) is 2.94. The molecule has 1 aromatic heterocycles. The van der Waals surface area contributed by atoms with Crippen molar-refractivity contribution in [3.63, 3.8) is 0 Å². The van der Waals surface area contributed by atoms with Gasteiger partial charge in [-0.05, 0) is 37.3 Å². The van der Waals surface area contributed by atoms with Crippen molar-refractivity contribution in [2.45, 2.75) is 13.5 Å². The molecule has 5 nitrogen and oxygen atoms in total. The number of fused-ring (bicyclic) bond motifs is 3. The number of ether oxygens (including phenoxy) is 1. The van der Waals surface area contributed by atoms with Crippen LogP contribution in [0.1, 0.15) is 22.8 Å². The van der Waals surface area contributed by atoms with Crippen LogP contribution in [0.4, 0.5) is 0 Å². The van der Waals surface area contributed by atoms with E-state index >= 15 is 0 Å². The smallest absolute Gasteiger partial charge is 0.159 e. The summed E-state index contributed by atoms with van der Waals surface area (Å²) in [6.45, 7) is 2.47. The Morgan fingerprint density at radius 2 is 1.78 bits per heavy atom. The van der Waals surface area contributed by atoms with Gasteiger partial charge in [0.15, 0.2) is 5.82 Å². The van der Waals surface area contributed by atoms with Crippen molar-refractivity contribution in [2.24, 2.45) is 4.99 Å². The third-order valence-corrected chi connectivity index (χ3v) is 4.03. The Bertz CT molecular complexity index is 894. The number of hydrogen-bond acceptors (Lipinski definition) is 4. The van der Waals surface area contributed by atoms with Gasteiger partial charge in [-0.15, -0.1) is 10.2 Å². The molecular formula is C18H16N4O. The minimum Gasteiger partial charge on any atom is -0.497 e. The van der Waals surface area contributed by atoms with Gasteiger partial charge in [-0.1, -0.05) is 18.2 Å². The van der Waals surface area contributed by atoms with Crippen molar-refractivity contribution in [1.82, 2.24) is 14.8 Å². The number of rotatable bonds is 2. The molecule has 0 saturated heterocycles. The van der Waals surface area contributed by atoms with Crippen LogP contribution in [0.25, 0.3) is 5.69 Å². The predicted molar refractivity (Wildman–Crippen MR) is 88.4 cm³/mol. The molecule has 0 fully saturated rings. The number of aromatic nitrogens is 3.